The van der Waals surface area contributed by atoms with Crippen LogP contribution in [-0.4, -0.2) is 39.3 Å². The first kappa shape index (κ1) is 21.4. The average Bonchev–Trinajstić information content (AvgIpc) is 3.09. The van der Waals surface area contributed by atoms with Crippen molar-refractivity contribution in [1.29, 1.82) is 0 Å². The number of amides is 2. The van der Waals surface area contributed by atoms with Crippen LogP contribution in [0.5, 0.6) is 11.5 Å². The van der Waals surface area contributed by atoms with Crippen molar-refractivity contribution in [3.05, 3.63) is 71.2 Å². The summed E-state index contributed by atoms with van der Waals surface area (Å²) >= 11 is 0. The molecule has 0 saturated heterocycles. The van der Waals surface area contributed by atoms with Crippen LogP contribution in [0.4, 0.5) is 0 Å². The minimum Gasteiger partial charge on any atom is -0.486 e. The van der Waals surface area contributed by atoms with E-state index in [4.69, 9.17) is 20.9 Å². The third-order valence-electron chi connectivity index (χ3n) is 5.95. The number of pyridine rings is 1. The van der Waals surface area contributed by atoms with Gasteiger partial charge in [-0.05, 0) is 32.0 Å². The molecule has 1 aliphatic heterocycles. The number of primary amides is 2. The zero-order valence-electron chi connectivity index (χ0n) is 18.7. The van der Waals surface area contributed by atoms with Crippen LogP contribution in [0.2, 0.25) is 0 Å². The average molecular weight is 457 g/mol. The van der Waals surface area contributed by atoms with Crippen molar-refractivity contribution >= 4 is 22.7 Å². The molecule has 0 saturated carbocycles. The van der Waals surface area contributed by atoms with Crippen LogP contribution in [0.25, 0.3) is 22.0 Å². The Hall–Kier alpha value is -4.40. The van der Waals surface area contributed by atoms with Gasteiger partial charge in [0.1, 0.15) is 12.3 Å². The van der Waals surface area contributed by atoms with E-state index < -0.39 is 11.8 Å². The highest BCUT2D eigenvalue weighted by Gasteiger charge is 2.29. The maximum absolute atomic E-state index is 12.6. The van der Waals surface area contributed by atoms with Crippen molar-refractivity contribution in [2.75, 3.05) is 6.61 Å². The van der Waals surface area contributed by atoms with Crippen LogP contribution >= 0.6 is 0 Å². The number of carbonyl (C=O) groups excluding carboxylic acids is 2. The Labute approximate surface area is 195 Å². The fourth-order valence-corrected chi connectivity index (χ4v) is 4.47. The molecule has 2 aromatic carbocycles. The summed E-state index contributed by atoms with van der Waals surface area (Å²) in [6.45, 7) is 4.43. The Bertz CT molecular complexity index is 1460. The second-order valence-electron chi connectivity index (χ2n) is 8.18. The van der Waals surface area contributed by atoms with Crippen molar-refractivity contribution in [3.8, 4) is 22.6 Å². The summed E-state index contributed by atoms with van der Waals surface area (Å²) in [6, 6.07) is 14.5. The molecule has 0 bridgehead atoms. The van der Waals surface area contributed by atoms with Crippen LogP contribution in [0.1, 0.15) is 32.2 Å². The lowest BCUT2D eigenvalue weighted by atomic mass is 9.92. The third-order valence-corrected chi connectivity index (χ3v) is 5.95. The van der Waals surface area contributed by atoms with Crippen molar-refractivity contribution in [3.63, 3.8) is 0 Å². The number of rotatable bonds is 5. The van der Waals surface area contributed by atoms with Gasteiger partial charge in [0.25, 0.3) is 5.91 Å². The van der Waals surface area contributed by atoms with Crippen molar-refractivity contribution in [2.45, 2.75) is 26.5 Å². The van der Waals surface area contributed by atoms with Crippen LogP contribution in [0.3, 0.4) is 0 Å². The Kier molecular flexibility index (Phi) is 5.16. The van der Waals surface area contributed by atoms with Gasteiger partial charge in [0.2, 0.25) is 5.91 Å². The number of aryl methyl sites for hydroxylation is 1. The van der Waals surface area contributed by atoms with E-state index in [1.807, 2.05) is 31.2 Å². The van der Waals surface area contributed by atoms with E-state index in [9.17, 15) is 9.59 Å². The molecule has 4 N–H and O–H groups in total. The number of hydrogen-bond acceptors (Lipinski definition) is 6. The molecule has 0 radical (unpaired) electrons. The molecule has 2 amide bonds. The number of fused-ring (bicyclic) bond motifs is 2. The van der Waals surface area contributed by atoms with Gasteiger partial charge in [-0.15, -0.1) is 0 Å². The second kappa shape index (κ2) is 8.18. The summed E-state index contributed by atoms with van der Waals surface area (Å²) in [5, 5.41) is 5.21. The molecule has 34 heavy (non-hydrogen) atoms. The number of nitrogens with two attached hydrogens (primary N) is 2. The number of hydrogen-bond donors (Lipinski definition) is 2. The Morgan fingerprint density at radius 3 is 2.44 bits per heavy atom. The van der Waals surface area contributed by atoms with Gasteiger partial charge < -0.3 is 20.9 Å². The fourth-order valence-electron chi connectivity index (χ4n) is 4.47. The van der Waals surface area contributed by atoms with Gasteiger partial charge in [0, 0.05) is 22.2 Å². The summed E-state index contributed by atoms with van der Waals surface area (Å²) in [5.74, 6) is -0.0581. The topological polar surface area (TPSA) is 135 Å². The lowest BCUT2D eigenvalue weighted by molar-refractivity contribution is 0.0754. The molecule has 3 heterocycles. The van der Waals surface area contributed by atoms with E-state index in [-0.39, 0.29) is 17.4 Å². The van der Waals surface area contributed by atoms with Gasteiger partial charge in [-0.25, -0.2) is 4.98 Å². The molecule has 2 aromatic heterocycles. The van der Waals surface area contributed by atoms with Crippen LogP contribution < -0.4 is 20.9 Å². The highest BCUT2D eigenvalue weighted by Crippen LogP contribution is 2.36. The minimum atomic E-state index is -0.754. The van der Waals surface area contributed by atoms with E-state index in [0.29, 0.717) is 52.4 Å². The maximum Gasteiger partial charge on any atom is 0.267 e. The van der Waals surface area contributed by atoms with Crippen LogP contribution in [0.15, 0.2) is 48.5 Å². The predicted octanol–water partition coefficient (Wildman–Crippen LogP) is 2.75. The molecule has 172 valence electrons. The molecule has 5 rings (SSSR count). The Morgan fingerprint density at radius 2 is 1.71 bits per heavy atom. The first-order valence-electron chi connectivity index (χ1n) is 10.8. The molecule has 9 nitrogen and oxygen atoms in total. The number of aromatic nitrogens is 3. The number of benzene rings is 2. The van der Waals surface area contributed by atoms with Crippen LogP contribution in [0, 0.1) is 13.8 Å². The molecule has 0 aliphatic carbocycles. The zero-order valence-corrected chi connectivity index (χ0v) is 18.7. The van der Waals surface area contributed by atoms with E-state index in [0.717, 1.165) is 5.69 Å². The summed E-state index contributed by atoms with van der Waals surface area (Å²) < 4.78 is 13.7. The van der Waals surface area contributed by atoms with Crippen molar-refractivity contribution < 1.29 is 19.1 Å². The zero-order chi connectivity index (χ0) is 24.0. The first-order chi connectivity index (χ1) is 16.3. The number of ether oxygens (including phenoxy) is 2. The molecule has 1 atom stereocenters. The molecular weight excluding hydrogens is 434 g/mol. The third kappa shape index (κ3) is 3.51. The normalized spacial score (nSPS) is 14.8. The molecule has 0 spiro atoms. The predicted molar refractivity (Wildman–Crippen MR) is 126 cm³/mol. The Morgan fingerprint density at radius 1 is 1.00 bits per heavy atom. The maximum atomic E-state index is 12.6. The molecule has 1 aliphatic rings. The Balaban J connectivity index is 1.63. The summed E-state index contributed by atoms with van der Waals surface area (Å²) in [6.07, 6.45) is -0.276. The number of nitrogens with zero attached hydrogens (tertiary/aromatic N) is 3. The molecule has 1 unspecified atom stereocenters. The van der Waals surface area contributed by atoms with Gasteiger partial charge in [-0.2, -0.15) is 5.10 Å². The lowest BCUT2D eigenvalue weighted by Gasteiger charge is -2.26. The number of para-hydroxylation sites is 3. The van der Waals surface area contributed by atoms with Gasteiger partial charge >= 0.3 is 0 Å². The largest absolute Gasteiger partial charge is 0.486 e. The monoisotopic (exact) mass is 457 g/mol. The highest BCUT2D eigenvalue weighted by atomic mass is 16.6. The second-order valence-corrected chi connectivity index (χ2v) is 8.18. The summed E-state index contributed by atoms with van der Waals surface area (Å²) in [4.78, 5) is 29.5. The molecular formula is C25H23N5O4. The molecule has 0 fully saturated rings. The molecule has 4 aromatic rings. The summed E-state index contributed by atoms with van der Waals surface area (Å²) in [7, 11) is 0. The quantitative estimate of drug-likeness (QED) is 0.473. The SMILES string of the molecule is Cc1nn(CC2COc3ccccc3O2)c(C)c1-c1c(C(N)=O)nc2ccccc2c1C(N)=O. The van der Waals surface area contributed by atoms with Crippen molar-refractivity contribution in [1.82, 2.24) is 14.8 Å². The van der Waals surface area contributed by atoms with Gasteiger partial charge in [0.05, 0.1) is 23.3 Å². The summed E-state index contributed by atoms with van der Waals surface area (Å²) in [5.41, 5.74) is 14.4. The fraction of sp³-hybridized carbons (Fsp3) is 0.200. The van der Waals surface area contributed by atoms with Gasteiger partial charge in [-0.1, -0.05) is 30.3 Å². The highest BCUT2D eigenvalue weighted by molar-refractivity contribution is 6.15. The first-order valence-corrected chi connectivity index (χ1v) is 10.8. The van der Waals surface area contributed by atoms with E-state index >= 15 is 0 Å². The van der Waals surface area contributed by atoms with Gasteiger partial charge in [-0.3, -0.25) is 14.3 Å². The van der Waals surface area contributed by atoms with Crippen molar-refractivity contribution in [2.24, 2.45) is 11.5 Å². The standard InChI is InChI=1S/C25H23N5O4/c1-13-20(14(2)30(29-13)11-15-12-33-18-9-5-6-10-19(18)34-15)22-21(24(26)31)16-7-3-4-8-17(16)28-23(22)25(27)32/h3-10,15H,11-12H2,1-2H3,(H2,26,31)(H2,27,32). The van der Waals surface area contributed by atoms with E-state index in [2.05, 4.69) is 10.1 Å². The minimum absolute atomic E-state index is 0.0237. The van der Waals surface area contributed by atoms with Gasteiger partial charge in [0.15, 0.2) is 17.6 Å². The molecule has 9 heteroatoms. The lowest BCUT2D eigenvalue weighted by Crippen LogP contribution is -2.33. The number of carbonyl (C=O) groups is 2. The van der Waals surface area contributed by atoms with Crippen LogP contribution in [-0.2, 0) is 6.54 Å². The van der Waals surface area contributed by atoms with E-state index in [1.54, 1.807) is 35.9 Å². The smallest absolute Gasteiger partial charge is 0.267 e. The van der Waals surface area contributed by atoms with E-state index in [1.165, 1.54) is 0 Å².